The minimum atomic E-state index is -3.57. The highest BCUT2D eigenvalue weighted by Gasteiger charge is 2.21. The van der Waals surface area contributed by atoms with Crippen LogP contribution in [0.5, 0.6) is 0 Å². The summed E-state index contributed by atoms with van der Waals surface area (Å²) >= 11 is 0. The summed E-state index contributed by atoms with van der Waals surface area (Å²) in [5.74, 6) is 0.134. The van der Waals surface area contributed by atoms with Gasteiger partial charge in [-0.15, -0.1) is 0 Å². The molecule has 27 heavy (non-hydrogen) atoms. The van der Waals surface area contributed by atoms with Crippen molar-refractivity contribution in [1.82, 2.24) is 14.5 Å². The SMILES string of the molecule is CCn1cc(S(=O)(=O)NCCC(c2ccccc2)c2ccccc2)c(C)n1. The van der Waals surface area contributed by atoms with Gasteiger partial charge in [-0.3, -0.25) is 4.68 Å². The van der Waals surface area contributed by atoms with Crippen molar-refractivity contribution in [3.8, 4) is 0 Å². The van der Waals surface area contributed by atoms with Gasteiger partial charge in [0.25, 0.3) is 0 Å². The molecule has 5 nitrogen and oxygen atoms in total. The van der Waals surface area contributed by atoms with E-state index in [1.165, 1.54) is 11.1 Å². The van der Waals surface area contributed by atoms with E-state index >= 15 is 0 Å². The summed E-state index contributed by atoms with van der Waals surface area (Å²) in [7, 11) is -3.57. The van der Waals surface area contributed by atoms with Crippen LogP contribution in [0, 0.1) is 6.92 Å². The smallest absolute Gasteiger partial charge is 0.243 e. The van der Waals surface area contributed by atoms with Gasteiger partial charge in [0.1, 0.15) is 4.90 Å². The topological polar surface area (TPSA) is 64.0 Å². The number of hydrogen-bond donors (Lipinski definition) is 1. The number of sulfonamides is 1. The summed E-state index contributed by atoms with van der Waals surface area (Å²) in [6.07, 6.45) is 2.26. The fourth-order valence-corrected chi connectivity index (χ4v) is 4.47. The van der Waals surface area contributed by atoms with Crippen molar-refractivity contribution >= 4 is 10.0 Å². The predicted octanol–water partition coefficient (Wildman–Crippen LogP) is 3.71. The second kappa shape index (κ2) is 8.50. The van der Waals surface area contributed by atoms with Crippen molar-refractivity contribution in [1.29, 1.82) is 0 Å². The average Bonchev–Trinajstić information content (AvgIpc) is 3.08. The molecule has 0 atom stereocenters. The standard InChI is InChI=1S/C21H25N3O2S/c1-3-24-16-21(17(2)23-24)27(25,26)22-15-14-20(18-10-6-4-7-11-18)19-12-8-5-9-13-19/h4-13,16,20,22H,3,14-15H2,1-2H3. The third-order valence-corrected chi connectivity index (χ3v) is 6.21. The van der Waals surface area contributed by atoms with E-state index in [4.69, 9.17) is 0 Å². The quantitative estimate of drug-likeness (QED) is 0.645. The van der Waals surface area contributed by atoms with E-state index in [1.54, 1.807) is 17.8 Å². The number of aromatic nitrogens is 2. The van der Waals surface area contributed by atoms with Crippen LogP contribution in [0.2, 0.25) is 0 Å². The van der Waals surface area contributed by atoms with Crippen molar-refractivity contribution in [3.63, 3.8) is 0 Å². The largest absolute Gasteiger partial charge is 0.271 e. The fraction of sp³-hybridized carbons (Fsp3) is 0.286. The van der Waals surface area contributed by atoms with E-state index in [0.29, 0.717) is 25.2 Å². The third-order valence-electron chi connectivity index (χ3n) is 4.64. The second-order valence-corrected chi connectivity index (χ2v) is 8.23. The molecule has 1 N–H and O–H groups in total. The molecule has 2 aromatic carbocycles. The van der Waals surface area contributed by atoms with Crippen LogP contribution in [-0.2, 0) is 16.6 Å². The molecule has 1 heterocycles. The van der Waals surface area contributed by atoms with Crippen molar-refractivity contribution in [2.24, 2.45) is 0 Å². The Hall–Kier alpha value is -2.44. The first-order chi connectivity index (χ1) is 13.0. The molecule has 142 valence electrons. The molecule has 1 aromatic heterocycles. The lowest BCUT2D eigenvalue weighted by molar-refractivity contribution is 0.574. The van der Waals surface area contributed by atoms with Crippen molar-refractivity contribution < 1.29 is 8.42 Å². The predicted molar refractivity (Wildman–Crippen MR) is 107 cm³/mol. The minimum absolute atomic E-state index is 0.134. The Kier molecular flexibility index (Phi) is 6.08. The van der Waals surface area contributed by atoms with Gasteiger partial charge in [0.05, 0.1) is 5.69 Å². The molecule has 3 aromatic rings. The summed E-state index contributed by atoms with van der Waals surface area (Å²) in [6, 6.07) is 20.4. The maximum Gasteiger partial charge on any atom is 0.243 e. The zero-order valence-corrected chi connectivity index (χ0v) is 16.5. The van der Waals surface area contributed by atoms with Gasteiger partial charge in [0, 0.05) is 25.2 Å². The zero-order chi connectivity index (χ0) is 19.3. The van der Waals surface area contributed by atoms with Gasteiger partial charge in [-0.2, -0.15) is 5.10 Å². The summed E-state index contributed by atoms with van der Waals surface area (Å²) in [4.78, 5) is 0.250. The van der Waals surface area contributed by atoms with E-state index in [2.05, 4.69) is 34.1 Å². The summed E-state index contributed by atoms with van der Waals surface area (Å²) in [5, 5.41) is 4.23. The van der Waals surface area contributed by atoms with Crippen molar-refractivity contribution in [3.05, 3.63) is 83.7 Å². The molecule has 0 saturated heterocycles. The molecule has 0 aliphatic rings. The first kappa shape index (κ1) is 19.3. The van der Waals surface area contributed by atoms with Crippen LogP contribution in [0.4, 0.5) is 0 Å². The number of nitrogens with one attached hydrogen (secondary N) is 1. The molecular weight excluding hydrogens is 358 g/mol. The monoisotopic (exact) mass is 383 g/mol. The van der Waals surface area contributed by atoms with Gasteiger partial charge in [0.2, 0.25) is 10.0 Å². The number of benzene rings is 2. The first-order valence-corrected chi connectivity index (χ1v) is 10.6. The molecule has 0 saturated carbocycles. The van der Waals surface area contributed by atoms with E-state index in [-0.39, 0.29) is 10.8 Å². The van der Waals surface area contributed by atoms with Gasteiger partial charge >= 0.3 is 0 Å². The molecule has 0 aliphatic carbocycles. The second-order valence-electron chi connectivity index (χ2n) is 6.49. The Morgan fingerprint density at radius 3 is 2.04 bits per heavy atom. The molecule has 0 spiro atoms. The Bertz CT molecular complexity index is 928. The summed E-state index contributed by atoms with van der Waals surface area (Å²) in [6.45, 7) is 4.64. The first-order valence-electron chi connectivity index (χ1n) is 9.15. The molecule has 6 heteroatoms. The Morgan fingerprint density at radius 1 is 1.00 bits per heavy atom. The highest BCUT2D eigenvalue weighted by Crippen LogP contribution is 2.27. The minimum Gasteiger partial charge on any atom is -0.271 e. The van der Waals surface area contributed by atoms with Crippen LogP contribution in [0.15, 0.2) is 71.8 Å². The lowest BCUT2D eigenvalue weighted by Gasteiger charge is -2.18. The van der Waals surface area contributed by atoms with E-state index in [9.17, 15) is 8.42 Å². The molecule has 3 rings (SSSR count). The van der Waals surface area contributed by atoms with Crippen molar-refractivity contribution in [2.45, 2.75) is 37.6 Å². The van der Waals surface area contributed by atoms with E-state index in [1.807, 2.05) is 43.3 Å². The zero-order valence-electron chi connectivity index (χ0n) is 15.7. The van der Waals surface area contributed by atoms with Gasteiger partial charge in [0.15, 0.2) is 0 Å². The summed E-state index contributed by atoms with van der Waals surface area (Å²) in [5.41, 5.74) is 2.88. The van der Waals surface area contributed by atoms with Crippen molar-refractivity contribution in [2.75, 3.05) is 6.54 Å². The molecular formula is C21H25N3O2S. The highest BCUT2D eigenvalue weighted by molar-refractivity contribution is 7.89. The number of nitrogens with zero attached hydrogens (tertiary/aromatic N) is 2. The normalized spacial score (nSPS) is 11.8. The molecule has 0 bridgehead atoms. The van der Waals surface area contributed by atoms with Gasteiger partial charge in [-0.25, -0.2) is 13.1 Å². The highest BCUT2D eigenvalue weighted by atomic mass is 32.2. The fourth-order valence-electron chi connectivity index (χ4n) is 3.24. The molecule has 0 aliphatic heterocycles. The Labute approximate surface area is 161 Å². The van der Waals surface area contributed by atoms with Gasteiger partial charge < -0.3 is 0 Å². The average molecular weight is 384 g/mol. The molecule has 0 unspecified atom stereocenters. The molecule has 0 fully saturated rings. The van der Waals surface area contributed by atoms with E-state index < -0.39 is 10.0 Å². The van der Waals surface area contributed by atoms with Crippen LogP contribution in [0.3, 0.4) is 0 Å². The van der Waals surface area contributed by atoms with Gasteiger partial charge in [-0.1, -0.05) is 60.7 Å². The third kappa shape index (κ3) is 4.64. The number of aryl methyl sites for hydroxylation is 2. The Morgan fingerprint density at radius 2 is 1.56 bits per heavy atom. The Balaban J connectivity index is 1.75. The van der Waals surface area contributed by atoms with Crippen LogP contribution in [0.1, 0.15) is 36.1 Å². The lowest BCUT2D eigenvalue weighted by atomic mass is 9.89. The maximum absolute atomic E-state index is 12.7. The maximum atomic E-state index is 12.7. The molecule has 0 radical (unpaired) electrons. The number of rotatable bonds is 8. The van der Waals surface area contributed by atoms with Crippen LogP contribution >= 0.6 is 0 Å². The van der Waals surface area contributed by atoms with Crippen LogP contribution in [0.25, 0.3) is 0 Å². The van der Waals surface area contributed by atoms with Gasteiger partial charge in [-0.05, 0) is 31.4 Å². The van der Waals surface area contributed by atoms with Crippen LogP contribution in [-0.4, -0.2) is 24.7 Å². The van der Waals surface area contributed by atoms with E-state index in [0.717, 1.165) is 0 Å². The summed E-state index contributed by atoms with van der Waals surface area (Å²) < 4.78 is 29.7. The van der Waals surface area contributed by atoms with Crippen LogP contribution < -0.4 is 4.72 Å². The lowest BCUT2D eigenvalue weighted by Crippen LogP contribution is -2.26. The molecule has 0 amide bonds. The number of hydrogen-bond acceptors (Lipinski definition) is 3.